The number of hydrogen-bond donors (Lipinski definition) is 1. The average molecular weight is 344 g/mol. The van der Waals surface area contributed by atoms with Gasteiger partial charge in [-0.25, -0.2) is 4.39 Å². The van der Waals surface area contributed by atoms with Crippen LogP contribution in [0.5, 0.6) is 0 Å². The number of benzene rings is 2. The Balaban J connectivity index is 2.33. The normalized spacial score (nSPS) is 14.0. The van der Waals surface area contributed by atoms with Crippen LogP contribution in [-0.2, 0) is 0 Å². The fraction of sp³-hybridized carbons (Fsp3) is 0.250. The van der Waals surface area contributed by atoms with Gasteiger partial charge in [0.1, 0.15) is 5.82 Å². The minimum Gasteiger partial charge on any atom is -0.326 e. The summed E-state index contributed by atoms with van der Waals surface area (Å²) < 4.78 is 14.1. The molecule has 0 amide bonds. The average Bonchev–Trinajstić information content (AvgIpc) is 2.48. The van der Waals surface area contributed by atoms with E-state index in [2.05, 4.69) is 0 Å². The zero-order valence-corrected chi connectivity index (χ0v) is 13.9. The third-order valence-corrected chi connectivity index (χ3v) is 5.35. The molecule has 2 N–H and O–H groups in total. The Morgan fingerprint density at radius 3 is 2.48 bits per heavy atom. The molecule has 2 atom stereocenters. The summed E-state index contributed by atoms with van der Waals surface area (Å²) in [6.45, 7) is 1.99. The molecule has 0 fully saturated rings. The summed E-state index contributed by atoms with van der Waals surface area (Å²) >= 11 is 13.5. The van der Waals surface area contributed by atoms with Crippen LogP contribution in [0.25, 0.3) is 0 Å². The minimum absolute atomic E-state index is 0.152. The first-order valence-corrected chi connectivity index (χ1v) is 8.28. The van der Waals surface area contributed by atoms with Gasteiger partial charge in [-0.3, -0.25) is 0 Å². The standard InChI is InChI=1S/C16H16Cl2FNS/c1-2-15(20)16(11-5-3-4-6-14(11)19)21-10-7-8-12(17)13(18)9-10/h3-9,15-16H,2,20H2,1H3. The highest BCUT2D eigenvalue weighted by Crippen LogP contribution is 2.40. The predicted molar refractivity (Wildman–Crippen MR) is 89.7 cm³/mol. The molecule has 2 aromatic carbocycles. The summed E-state index contributed by atoms with van der Waals surface area (Å²) in [5.41, 5.74) is 6.80. The highest BCUT2D eigenvalue weighted by Gasteiger charge is 2.23. The van der Waals surface area contributed by atoms with Gasteiger partial charge in [0.05, 0.1) is 15.3 Å². The number of thioether (sulfide) groups is 1. The van der Waals surface area contributed by atoms with E-state index in [1.165, 1.54) is 17.8 Å². The molecule has 0 aliphatic heterocycles. The number of hydrogen-bond acceptors (Lipinski definition) is 2. The molecule has 21 heavy (non-hydrogen) atoms. The van der Waals surface area contributed by atoms with Crippen molar-refractivity contribution >= 4 is 35.0 Å². The van der Waals surface area contributed by atoms with Crippen molar-refractivity contribution in [3.8, 4) is 0 Å². The topological polar surface area (TPSA) is 26.0 Å². The molecular weight excluding hydrogens is 328 g/mol. The first kappa shape index (κ1) is 16.6. The van der Waals surface area contributed by atoms with Crippen molar-refractivity contribution in [2.45, 2.75) is 29.5 Å². The van der Waals surface area contributed by atoms with E-state index in [1.807, 2.05) is 19.1 Å². The molecule has 0 heterocycles. The van der Waals surface area contributed by atoms with Gasteiger partial charge in [0.15, 0.2) is 0 Å². The maximum absolute atomic E-state index is 14.1. The number of halogens is 3. The van der Waals surface area contributed by atoms with Gasteiger partial charge in [-0.15, -0.1) is 11.8 Å². The van der Waals surface area contributed by atoms with Crippen molar-refractivity contribution in [3.63, 3.8) is 0 Å². The van der Waals surface area contributed by atoms with Gasteiger partial charge in [0, 0.05) is 16.5 Å². The number of nitrogens with two attached hydrogens (primary N) is 1. The molecule has 2 rings (SSSR count). The molecular formula is C16H16Cl2FNS. The maximum atomic E-state index is 14.1. The third-order valence-electron chi connectivity index (χ3n) is 3.23. The summed E-state index contributed by atoms with van der Waals surface area (Å²) in [5, 5.41) is 0.815. The highest BCUT2D eigenvalue weighted by atomic mass is 35.5. The predicted octanol–water partition coefficient (Wildman–Crippen LogP) is 5.70. The van der Waals surface area contributed by atoms with E-state index in [4.69, 9.17) is 28.9 Å². The lowest BCUT2D eigenvalue weighted by Gasteiger charge is -2.23. The quantitative estimate of drug-likeness (QED) is 0.704. The Labute approximate surface area is 138 Å². The van der Waals surface area contributed by atoms with Gasteiger partial charge in [-0.05, 0) is 30.7 Å². The summed E-state index contributed by atoms with van der Waals surface area (Å²) in [4.78, 5) is 0.918. The first-order valence-electron chi connectivity index (χ1n) is 6.64. The van der Waals surface area contributed by atoms with Crippen molar-refractivity contribution in [1.82, 2.24) is 0 Å². The lowest BCUT2D eigenvalue weighted by atomic mass is 10.0. The van der Waals surface area contributed by atoms with Gasteiger partial charge >= 0.3 is 0 Å². The molecule has 2 unspecified atom stereocenters. The zero-order valence-electron chi connectivity index (χ0n) is 11.5. The summed E-state index contributed by atoms with van der Waals surface area (Å²) in [6, 6.07) is 12.0. The van der Waals surface area contributed by atoms with E-state index in [0.717, 1.165) is 11.3 Å². The second kappa shape index (κ2) is 7.50. The zero-order chi connectivity index (χ0) is 15.4. The van der Waals surface area contributed by atoms with Gasteiger partial charge < -0.3 is 5.73 Å². The van der Waals surface area contributed by atoms with Crippen molar-refractivity contribution in [2.75, 3.05) is 0 Å². The van der Waals surface area contributed by atoms with E-state index in [0.29, 0.717) is 15.6 Å². The van der Waals surface area contributed by atoms with E-state index in [9.17, 15) is 4.39 Å². The van der Waals surface area contributed by atoms with Crippen LogP contribution in [-0.4, -0.2) is 6.04 Å². The first-order chi connectivity index (χ1) is 10.0. The van der Waals surface area contributed by atoms with Crippen molar-refractivity contribution in [2.24, 2.45) is 5.73 Å². The molecule has 0 aliphatic carbocycles. The molecule has 0 saturated heterocycles. The number of rotatable bonds is 5. The van der Waals surface area contributed by atoms with Crippen LogP contribution in [0, 0.1) is 5.82 Å². The SMILES string of the molecule is CCC(N)C(Sc1ccc(Cl)c(Cl)c1)c1ccccc1F. The minimum atomic E-state index is -0.237. The Kier molecular flexibility index (Phi) is 5.94. The molecule has 0 saturated carbocycles. The maximum Gasteiger partial charge on any atom is 0.127 e. The Hall–Kier alpha value is -0.740. The highest BCUT2D eigenvalue weighted by molar-refractivity contribution is 7.99. The monoisotopic (exact) mass is 343 g/mol. The van der Waals surface area contributed by atoms with Crippen LogP contribution in [0.3, 0.4) is 0 Å². The van der Waals surface area contributed by atoms with Gasteiger partial charge in [-0.2, -0.15) is 0 Å². The molecule has 112 valence electrons. The fourth-order valence-electron chi connectivity index (χ4n) is 2.00. The lowest BCUT2D eigenvalue weighted by Crippen LogP contribution is -2.26. The van der Waals surface area contributed by atoms with Crippen molar-refractivity contribution < 1.29 is 4.39 Å². The van der Waals surface area contributed by atoms with Crippen LogP contribution >= 0.6 is 35.0 Å². The van der Waals surface area contributed by atoms with Crippen LogP contribution < -0.4 is 5.73 Å². The fourth-order valence-corrected chi connectivity index (χ4v) is 3.67. The van der Waals surface area contributed by atoms with Gasteiger partial charge in [0.25, 0.3) is 0 Å². The third kappa shape index (κ3) is 4.13. The summed E-state index contributed by atoms with van der Waals surface area (Å²) in [6.07, 6.45) is 0.757. The molecule has 0 spiro atoms. The van der Waals surface area contributed by atoms with Crippen LogP contribution in [0.4, 0.5) is 4.39 Å². The molecule has 2 aromatic rings. The smallest absolute Gasteiger partial charge is 0.127 e. The Morgan fingerprint density at radius 2 is 1.86 bits per heavy atom. The van der Waals surface area contributed by atoms with E-state index >= 15 is 0 Å². The van der Waals surface area contributed by atoms with Gasteiger partial charge in [0.2, 0.25) is 0 Å². The van der Waals surface area contributed by atoms with E-state index < -0.39 is 0 Å². The molecule has 0 bridgehead atoms. The molecule has 1 nitrogen and oxygen atoms in total. The Bertz CT molecular complexity index is 621. The van der Waals surface area contributed by atoms with E-state index in [1.54, 1.807) is 24.3 Å². The summed E-state index contributed by atoms with van der Waals surface area (Å²) in [7, 11) is 0. The molecule has 0 radical (unpaired) electrons. The summed E-state index contributed by atoms with van der Waals surface area (Å²) in [5.74, 6) is -0.237. The van der Waals surface area contributed by atoms with Gasteiger partial charge in [-0.1, -0.05) is 48.3 Å². The second-order valence-electron chi connectivity index (χ2n) is 4.71. The molecule has 0 aromatic heterocycles. The molecule has 5 heteroatoms. The Morgan fingerprint density at radius 1 is 1.14 bits per heavy atom. The van der Waals surface area contributed by atoms with Crippen LogP contribution in [0.1, 0.15) is 24.2 Å². The van der Waals surface area contributed by atoms with Crippen molar-refractivity contribution in [3.05, 3.63) is 63.9 Å². The lowest BCUT2D eigenvalue weighted by molar-refractivity contribution is 0.572. The second-order valence-corrected chi connectivity index (χ2v) is 6.74. The molecule has 0 aliphatic rings. The van der Waals surface area contributed by atoms with E-state index in [-0.39, 0.29) is 17.1 Å². The largest absolute Gasteiger partial charge is 0.326 e. The van der Waals surface area contributed by atoms with Crippen molar-refractivity contribution in [1.29, 1.82) is 0 Å². The van der Waals surface area contributed by atoms with Crippen LogP contribution in [0.2, 0.25) is 10.0 Å². The van der Waals surface area contributed by atoms with Crippen LogP contribution in [0.15, 0.2) is 47.4 Å².